The fourth-order valence-electron chi connectivity index (χ4n) is 2.63. The third-order valence-electron chi connectivity index (χ3n) is 3.85. The maximum Gasteiger partial charge on any atom is 0.303 e. The highest BCUT2D eigenvalue weighted by atomic mass is 16.4. The molecule has 0 aromatic rings. The molecule has 5 heteroatoms. The summed E-state index contributed by atoms with van der Waals surface area (Å²) in [6, 6.07) is -0.490. The van der Waals surface area contributed by atoms with Crippen LogP contribution in [0.4, 0.5) is 0 Å². The normalized spacial score (nSPS) is 20.1. The van der Waals surface area contributed by atoms with Crippen LogP contribution in [0.5, 0.6) is 0 Å². The Hall–Kier alpha value is -1.10. The number of nitrogens with two attached hydrogens (primary N) is 1. The van der Waals surface area contributed by atoms with Gasteiger partial charge in [0.1, 0.15) is 0 Å². The van der Waals surface area contributed by atoms with E-state index >= 15 is 0 Å². The van der Waals surface area contributed by atoms with Crippen molar-refractivity contribution in [1.29, 1.82) is 0 Å². The highest BCUT2D eigenvalue weighted by molar-refractivity contribution is 5.81. The van der Waals surface area contributed by atoms with Crippen LogP contribution in [-0.4, -0.2) is 29.6 Å². The summed E-state index contributed by atoms with van der Waals surface area (Å²) in [6.45, 7) is 2.30. The molecule has 0 aliphatic heterocycles. The zero-order valence-corrected chi connectivity index (χ0v) is 11.1. The SMILES string of the molecule is CCC(N)C(=O)NCC1(CC(=O)O)CCCCC1. The van der Waals surface area contributed by atoms with Crippen LogP contribution in [0.15, 0.2) is 0 Å². The van der Waals surface area contributed by atoms with Gasteiger partial charge in [0.25, 0.3) is 0 Å². The largest absolute Gasteiger partial charge is 0.481 e. The molecule has 0 saturated heterocycles. The van der Waals surface area contributed by atoms with Crippen LogP contribution in [0.3, 0.4) is 0 Å². The first-order valence-corrected chi connectivity index (χ1v) is 6.74. The van der Waals surface area contributed by atoms with E-state index in [2.05, 4.69) is 5.32 Å². The first-order chi connectivity index (χ1) is 8.49. The molecule has 1 atom stereocenters. The summed E-state index contributed by atoms with van der Waals surface area (Å²) >= 11 is 0. The summed E-state index contributed by atoms with van der Waals surface area (Å²) < 4.78 is 0. The molecule has 1 unspecified atom stereocenters. The van der Waals surface area contributed by atoms with Gasteiger partial charge >= 0.3 is 5.97 Å². The first kappa shape index (κ1) is 15.0. The van der Waals surface area contributed by atoms with E-state index in [1.54, 1.807) is 0 Å². The van der Waals surface area contributed by atoms with E-state index in [4.69, 9.17) is 10.8 Å². The van der Waals surface area contributed by atoms with E-state index < -0.39 is 12.0 Å². The van der Waals surface area contributed by atoms with Crippen LogP contribution >= 0.6 is 0 Å². The number of carboxylic acid groups (broad SMARTS) is 1. The lowest BCUT2D eigenvalue weighted by atomic mass is 9.71. The van der Waals surface area contributed by atoms with Crippen LogP contribution < -0.4 is 11.1 Å². The lowest BCUT2D eigenvalue weighted by molar-refractivity contribution is -0.140. The Morgan fingerprint density at radius 2 is 1.94 bits per heavy atom. The Morgan fingerprint density at radius 3 is 2.44 bits per heavy atom. The molecule has 1 aliphatic carbocycles. The summed E-state index contributed by atoms with van der Waals surface area (Å²) in [4.78, 5) is 22.6. The third kappa shape index (κ3) is 4.29. The molecule has 0 spiro atoms. The van der Waals surface area contributed by atoms with Gasteiger partial charge < -0.3 is 16.2 Å². The number of carbonyl (C=O) groups is 2. The summed E-state index contributed by atoms with van der Waals surface area (Å²) in [5.41, 5.74) is 5.38. The van der Waals surface area contributed by atoms with Crippen molar-refractivity contribution in [2.24, 2.45) is 11.1 Å². The topological polar surface area (TPSA) is 92.4 Å². The molecule has 1 fully saturated rings. The van der Waals surface area contributed by atoms with E-state index in [1.165, 1.54) is 0 Å². The maximum atomic E-state index is 11.7. The van der Waals surface area contributed by atoms with Crippen molar-refractivity contribution in [3.05, 3.63) is 0 Å². The lowest BCUT2D eigenvalue weighted by Crippen LogP contribution is -2.46. The molecular weight excluding hydrogens is 232 g/mol. The molecule has 5 nitrogen and oxygen atoms in total. The molecule has 1 aliphatic rings. The van der Waals surface area contributed by atoms with Crippen molar-refractivity contribution >= 4 is 11.9 Å². The number of hydrogen-bond acceptors (Lipinski definition) is 3. The molecule has 0 heterocycles. The minimum absolute atomic E-state index is 0.134. The third-order valence-corrected chi connectivity index (χ3v) is 3.85. The molecule has 104 valence electrons. The number of hydrogen-bond donors (Lipinski definition) is 3. The fraction of sp³-hybridized carbons (Fsp3) is 0.846. The summed E-state index contributed by atoms with van der Waals surface area (Å²) in [5, 5.41) is 11.8. The molecule has 0 aromatic heterocycles. The van der Waals surface area contributed by atoms with E-state index in [0.717, 1.165) is 32.1 Å². The number of rotatable bonds is 6. The average molecular weight is 256 g/mol. The zero-order valence-electron chi connectivity index (χ0n) is 11.1. The monoisotopic (exact) mass is 256 g/mol. The highest BCUT2D eigenvalue weighted by Gasteiger charge is 2.34. The van der Waals surface area contributed by atoms with E-state index in [9.17, 15) is 9.59 Å². The molecule has 1 amide bonds. The smallest absolute Gasteiger partial charge is 0.303 e. The van der Waals surface area contributed by atoms with Crippen molar-refractivity contribution in [2.45, 2.75) is 57.9 Å². The Morgan fingerprint density at radius 1 is 1.33 bits per heavy atom. The van der Waals surface area contributed by atoms with Crippen LogP contribution in [0.25, 0.3) is 0 Å². The molecule has 4 N–H and O–H groups in total. The van der Waals surface area contributed by atoms with Gasteiger partial charge in [-0.05, 0) is 24.7 Å². The molecule has 18 heavy (non-hydrogen) atoms. The summed E-state index contributed by atoms with van der Waals surface area (Å²) in [6.07, 6.45) is 5.73. The maximum absolute atomic E-state index is 11.7. The van der Waals surface area contributed by atoms with E-state index in [0.29, 0.717) is 13.0 Å². The second-order valence-electron chi connectivity index (χ2n) is 5.36. The van der Waals surface area contributed by atoms with Gasteiger partial charge in [-0.1, -0.05) is 26.2 Å². The number of amides is 1. The minimum atomic E-state index is -0.786. The van der Waals surface area contributed by atoms with Crippen molar-refractivity contribution in [3.8, 4) is 0 Å². The lowest BCUT2D eigenvalue weighted by Gasteiger charge is -2.36. The van der Waals surface area contributed by atoms with Gasteiger partial charge in [-0.2, -0.15) is 0 Å². The average Bonchev–Trinajstić information content (AvgIpc) is 2.35. The van der Waals surface area contributed by atoms with Gasteiger partial charge in [0.15, 0.2) is 0 Å². The first-order valence-electron chi connectivity index (χ1n) is 6.74. The van der Waals surface area contributed by atoms with Crippen LogP contribution in [0, 0.1) is 5.41 Å². The predicted octanol–water partition coefficient (Wildman–Crippen LogP) is 1.27. The summed E-state index contributed by atoms with van der Waals surface area (Å²) in [5.74, 6) is -0.959. The Bertz CT molecular complexity index is 299. The minimum Gasteiger partial charge on any atom is -0.481 e. The summed E-state index contributed by atoms with van der Waals surface area (Å²) in [7, 11) is 0. The fourth-order valence-corrected chi connectivity index (χ4v) is 2.63. The number of aliphatic carboxylic acids is 1. The van der Waals surface area contributed by atoms with Crippen molar-refractivity contribution in [1.82, 2.24) is 5.32 Å². The molecule has 1 rings (SSSR count). The number of nitrogens with one attached hydrogen (secondary N) is 1. The molecule has 0 bridgehead atoms. The van der Waals surface area contributed by atoms with Crippen molar-refractivity contribution in [2.75, 3.05) is 6.54 Å². The Labute approximate surface area is 108 Å². The van der Waals surface area contributed by atoms with Crippen LogP contribution in [-0.2, 0) is 9.59 Å². The quantitative estimate of drug-likeness (QED) is 0.667. The highest BCUT2D eigenvalue weighted by Crippen LogP contribution is 2.38. The second kappa shape index (κ2) is 6.73. The van der Waals surface area contributed by atoms with Crippen LogP contribution in [0.1, 0.15) is 51.9 Å². The van der Waals surface area contributed by atoms with Crippen LogP contribution in [0.2, 0.25) is 0 Å². The van der Waals surface area contributed by atoms with Gasteiger partial charge in [-0.25, -0.2) is 0 Å². The second-order valence-corrected chi connectivity index (χ2v) is 5.36. The number of carboxylic acids is 1. The molecule has 1 saturated carbocycles. The Balaban J connectivity index is 2.56. The van der Waals surface area contributed by atoms with Crippen molar-refractivity contribution < 1.29 is 14.7 Å². The van der Waals surface area contributed by atoms with Gasteiger partial charge in [0.2, 0.25) is 5.91 Å². The molecular formula is C13H24N2O3. The van der Waals surface area contributed by atoms with E-state index in [1.807, 2.05) is 6.92 Å². The predicted molar refractivity (Wildman–Crippen MR) is 69.0 cm³/mol. The standard InChI is InChI=1S/C13H24N2O3/c1-2-10(14)12(18)15-9-13(8-11(16)17)6-4-3-5-7-13/h10H,2-9,14H2,1H3,(H,15,18)(H,16,17). The van der Waals surface area contributed by atoms with Gasteiger partial charge in [0.05, 0.1) is 12.5 Å². The molecule has 0 aromatic carbocycles. The number of carbonyl (C=O) groups excluding carboxylic acids is 1. The van der Waals surface area contributed by atoms with E-state index in [-0.39, 0.29) is 17.7 Å². The van der Waals surface area contributed by atoms with Gasteiger partial charge in [-0.3, -0.25) is 9.59 Å². The van der Waals surface area contributed by atoms with Gasteiger partial charge in [-0.15, -0.1) is 0 Å². The van der Waals surface area contributed by atoms with Gasteiger partial charge in [0, 0.05) is 6.54 Å². The molecule has 0 radical (unpaired) electrons. The van der Waals surface area contributed by atoms with Crippen molar-refractivity contribution in [3.63, 3.8) is 0 Å². The zero-order chi connectivity index (χ0) is 13.6. The Kier molecular flexibility index (Phi) is 5.59.